The topological polar surface area (TPSA) is 38.1 Å². The molecule has 1 saturated carbocycles. The Morgan fingerprint density at radius 2 is 2.19 bits per heavy atom. The lowest BCUT2D eigenvalue weighted by Crippen LogP contribution is -2.28. The molecule has 3 rings (SSSR count). The Labute approximate surface area is 96.6 Å². The van der Waals surface area contributed by atoms with Gasteiger partial charge in [-0.2, -0.15) is 0 Å². The number of nitrogens with zero attached hydrogens (tertiary/aromatic N) is 1. The summed E-state index contributed by atoms with van der Waals surface area (Å²) < 4.78 is 5.88. The van der Waals surface area contributed by atoms with Gasteiger partial charge in [0.25, 0.3) is 0 Å². The molecule has 3 nitrogen and oxygen atoms in total. The van der Waals surface area contributed by atoms with Gasteiger partial charge in [-0.05, 0) is 44.7 Å². The number of nitrogens with one attached hydrogen (secondary N) is 1. The van der Waals surface area contributed by atoms with Crippen molar-refractivity contribution in [2.24, 2.45) is 5.92 Å². The summed E-state index contributed by atoms with van der Waals surface area (Å²) >= 11 is 0. The highest BCUT2D eigenvalue weighted by Crippen LogP contribution is 2.47. The molecule has 16 heavy (non-hydrogen) atoms. The van der Waals surface area contributed by atoms with Gasteiger partial charge >= 0.3 is 0 Å². The molecule has 1 N–H and O–H groups in total. The van der Waals surface area contributed by atoms with Gasteiger partial charge in [0.1, 0.15) is 5.76 Å². The van der Waals surface area contributed by atoms with Crippen LogP contribution in [0.1, 0.15) is 44.3 Å². The van der Waals surface area contributed by atoms with Gasteiger partial charge in [0.05, 0.1) is 6.20 Å². The Morgan fingerprint density at radius 1 is 1.44 bits per heavy atom. The first-order valence-corrected chi connectivity index (χ1v) is 6.42. The third-order valence-electron chi connectivity index (χ3n) is 4.07. The summed E-state index contributed by atoms with van der Waals surface area (Å²) in [5.74, 6) is 2.83. The summed E-state index contributed by atoms with van der Waals surface area (Å²) in [4.78, 5) is 4.43. The second-order valence-electron chi connectivity index (χ2n) is 5.58. The van der Waals surface area contributed by atoms with E-state index in [2.05, 4.69) is 17.2 Å². The summed E-state index contributed by atoms with van der Waals surface area (Å²) in [5, 5.41) is 3.39. The molecule has 2 aliphatic rings. The van der Waals surface area contributed by atoms with Crippen molar-refractivity contribution >= 4 is 0 Å². The minimum Gasteiger partial charge on any atom is -0.445 e. The fourth-order valence-corrected chi connectivity index (χ4v) is 2.45. The summed E-state index contributed by atoms with van der Waals surface area (Å²) in [7, 11) is 0. The second kappa shape index (κ2) is 3.88. The number of rotatable bonds is 3. The molecule has 0 spiro atoms. The van der Waals surface area contributed by atoms with Gasteiger partial charge in [-0.15, -0.1) is 0 Å². The van der Waals surface area contributed by atoms with Crippen molar-refractivity contribution in [1.29, 1.82) is 0 Å². The van der Waals surface area contributed by atoms with Gasteiger partial charge in [0, 0.05) is 11.8 Å². The van der Waals surface area contributed by atoms with Crippen molar-refractivity contribution in [2.75, 3.05) is 13.1 Å². The van der Waals surface area contributed by atoms with Crippen molar-refractivity contribution in [3.63, 3.8) is 0 Å². The van der Waals surface area contributed by atoms with Crippen molar-refractivity contribution in [2.45, 2.75) is 44.4 Å². The number of hydrogen-bond acceptors (Lipinski definition) is 3. The second-order valence-corrected chi connectivity index (χ2v) is 5.58. The zero-order chi connectivity index (χ0) is 11.0. The molecule has 0 bridgehead atoms. The molecule has 2 fully saturated rings. The predicted octanol–water partition coefficient (Wildman–Crippen LogP) is 2.27. The molecular weight excluding hydrogens is 200 g/mol. The summed E-state index contributed by atoms with van der Waals surface area (Å²) in [6.07, 6.45) is 8.01. The number of piperidine rings is 1. The number of hydrogen-bond donors (Lipinski definition) is 1. The summed E-state index contributed by atoms with van der Waals surface area (Å²) in [6.45, 7) is 4.56. The van der Waals surface area contributed by atoms with Crippen LogP contribution in [0.15, 0.2) is 10.6 Å². The Kier molecular flexibility index (Phi) is 2.51. The van der Waals surface area contributed by atoms with Crippen LogP contribution in [0.25, 0.3) is 0 Å². The first-order chi connectivity index (χ1) is 7.76. The minimum absolute atomic E-state index is 0.319. The molecule has 1 aliphatic heterocycles. The average molecular weight is 220 g/mol. The highest BCUT2D eigenvalue weighted by Gasteiger charge is 2.42. The number of aromatic nitrogens is 1. The molecule has 1 aliphatic carbocycles. The highest BCUT2D eigenvalue weighted by atomic mass is 16.4. The molecular formula is C13H20N2O. The van der Waals surface area contributed by atoms with Crippen LogP contribution in [0, 0.1) is 5.92 Å². The lowest BCUT2D eigenvalue weighted by atomic mass is 9.95. The van der Waals surface area contributed by atoms with Crippen molar-refractivity contribution in [3.8, 4) is 0 Å². The predicted molar refractivity (Wildman–Crippen MR) is 62.4 cm³/mol. The number of oxazole rings is 1. The Bertz CT molecular complexity index is 362. The van der Waals surface area contributed by atoms with E-state index in [1.165, 1.54) is 25.7 Å². The van der Waals surface area contributed by atoms with Crippen LogP contribution in [0.2, 0.25) is 0 Å². The average Bonchev–Trinajstić information content (AvgIpc) is 2.88. The standard InChI is InChI=1S/C13H20N2O/c1-13(4-5-13)11-9-15-12(16-11)8-10-2-6-14-7-3-10/h9-10,14H,2-8H2,1H3. The van der Waals surface area contributed by atoms with Crippen LogP contribution in [0.3, 0.4) is 0 Å². The molecule has 1 aromatic rings. The Balaban J connectivity index is 1.63. The van der Waals surface area contributed by atoms with E-state index in [4.69, 9.17) is 4.42 Å². The smallest absolute Gasteiger partial charge is 0.194 e. The monoisotopic (exact) mass is 220 g/mol. The zero-order valence-corrected chi connectivity index (χ0v) is 9.96. The van der Waals surface area contributed by atoms with Crippen LogP contribution in [0.4, 0.5) is 0 Å². The van der Waals surface area contributed by atoms with Crippen LogP contribution < -0.4 is 5.32 Å². The van der Waals surface area contributed by atoms with E-state index in [9.17, 15) is 0 Å². The third-order valence-corrected chi connectivity index (χ3v) is 4.07. The molecule has 2 heterocycles. The maximum absolute atomic E-state index is 5.88. The SMILES string of the molecule is CC1(c2cnc(CC3CCNCC3)o2)CC1. The first kappa shape index (κ1) is 10.3. The van der Waals surface area contributed by atoms with Gasteiger partial charge in [0.2, 0.25) is 0 Å². The van der Waals surface area contributed by atoms with Gasteiger partial charge in [-0.25, -0.2) is 4.98 Å². The molecule has 0 amide bonds. The molecule has 0 unspecified atom stereocenters. The van der Waals surface area contributed by atoms with Crippen LogP contribution >= 0.6 is 0 Å². The molecule has 0 radical (unpaired) electrons. The maximum Gasteiger partial charge on any atom is 0.194 e. The molecule has 0 atom stereocenters. The van der Waals surface area contributed by atoms with E-state index in [-0.39, 0.29) is 0 Å². The van der Waals surface area contributed by atoms with Gasteiger partial charge in [-0.1, -0.05) is 6.92 Å². The normalized spacial score (nSPS) is 24.6. The van der Waals surface area contributed by atoms with E-state index in [1.54, 1.807) is 0 Å². The summed E-state index contributed by atoms with van der Waals surface area (Å²) in [6, 6.07) is 0. The van der Waals surface area contributed by atoms with E-state index in [0.29, 0.717) is 5.41 Å². The van der Waals surface area contributed by atoms with Gasteiger partial charge < -0.3 is 9.73 Å². The van der Waals surface area contributed by atoms with E-state index < -0.39 is 0 Å². The Hall–Kier alpha value is -0.830. The summed E-state index contributed by atoms with van der Waals surface area (Å²) in [5.41, 5.74) is 0.319. The quantitative estimate of drug-likeness (QED) is 0.849. The molecule has 1 saturated heterocycles. The molecule has 3 heteroatoms. The molecule has 1 aromatic heterocycles. The van der Waals surface area contributed by atoms with Crippen LogP contribution in [-0.2, 0) is 11.8 Å². The van der Waals surface area contributed by atoms with E-state index in [0.717, 1.165) is 37.1 Å². The van der Waals surface area contributed by atoms with Gasteiger partial charge in [0.15, 0.2) is 5.89 Å². The fourth-order valence-electron chi connectivity index (χ4n) is 2.45. The minimum atomic E-state index is 0.319. The van der Waals surface area contributed by atoms with Gasteiger partial charge in [-0.3, -0.25) is 0 Å². The molecule has 0 aromatic carbocycles. The zero-order valence-electron chi connectivity index (χ0n) is 9.96. The van der Waals surface area contributed by atoms with Crippen molar-refractivity contribution < 1.29 is 4.42 Å². The third kappa shape index (κ3) is 2.01. The maximum atomic E-state index is 5.88. The van der Waals surface area contributed by atoms with E-state index in [1.807, 2.05) is 6.20 Å². The van der Waals surface area contributed by atoms with Crippen LogP contribution in [0.5, 0.6) is 0 Å². The van der Waals surface area contributed by atoms with E-state index >= 15 is 0 Å². The fraction of sp³-hybridized carbons (Fsp3) is 0.769. The lowest BCUT2D eigenvalue weighted by Gasteiger charge is -2.20. The van der Waals surface area contributed by atoms with Crippen LogP contribution in [-0.4, -0.2) is 18.1 Å². The van der Waals surface area contributed by atoms with Crippen molar-refractivity contribution in [3.05, 3.63) is 17.8 Å². The molecule has 88 valence electrons. The lowest BCUT2D eigenvalue weighted by molar-refractivity contribution is 0.331. The largest absolute Gasteiger partial charge is 0.445 e. The van der Waals surface area contributed by atoms with Crippen molar-refractivity contribution in [1.82, 2.24) is 10.3 Å². The Morgan fingerprint density at radius 3 is 2.88 bits per heavy atom. The highest BCUT2D eigenvalue weighted by molar-refractivity contribution is 5.18. The first-order valence-electron chi connectivity index (χ1n) is 6.42.